The first-order valence-corrected chi connectivity index (χ1v) is 14.9. The molecule has 0 spiro atoms. The maximum absolute atomic E-state index is 13.8. The number of nitrogens with zero attached hydrogens (tertiary/aromatic N) is 4. The Kier molecular flexibility index (Phi) is 7.89. The molecule has 0 saturated carbocycles. The first-order chi connectivity index (χ1) is 19.9. The number of nitrogens with one attached hydrogen (secondary N) is 1. The van der Waals surface area contributed by atoms with Gasteiger partial charge in [-0.15, -0.1) is 0 Å². The zero-order chi connectivity index (χ0) is 30.3. The minimum absolute atomic E-state index is 0.0430. The van der Waals surface area contributed by atoms with Crippen LogP contribution in [-0.2, 0) is 11.2 Å². The van der Waals surface area contributed by atoms with Crippen LogP contribution in [0, 0.1) is 25.2 Å². The van der Waals surface area contributed by atoms with Gasteiger partial charge in [0.05, 0.1) is 29.1 Å². The fraction of sp³-hybridized carbons (Fsp3) is 0.471. The molecule has 2 aliphatic heterocycles. The molecule has 2 unspecified atom stereocenters. The first kappa shape index (κ1) is 29.4. The van der Waals surface area contributed by atoms with E-state index in [9.17, 15) is 9.59 Å². The third-order valence-electron chi connectivity index (χ3n) is 8.56. The number of nitriles is 1. The van der Waals surface area contributed by atoms with Crippen LogP contribution < -0.4 is 0 Å². The number of carbonyl (C=O) groups excluding carboxylic acids is 2. The van der Waals surface area contributed by atoms with Crippen LogP contribution in [0.5, 0.6) is 0 Å². The van der Waals surface area contributed by atoms with E-state index in [0.717, 1.165) is 46.7 Å². The summed E-state index contributed by atoms with van der Waals surface area (Å²) in [4.78, 5) is 39.0. The van der Waals surface area contributed by atoms with Crippen molar-refractivity contribution in [2.45, 2.75) is 91.3 Å². The van der Waals surface area contributed by atoms with Crippen molar-refractivity contribution >= 4 is 12.0 Å². The number of amides is 2. The standard InChI is InChI=1S/C34H41N5O3/c1-20-16-21(2)28(32(40)38-14-12-26(13-15-38)25-10-8-24(19-35)9-11-25)18-27(20)31-36-29-17-22(3)39(23(4)30(29)37-31)33(41)42-34(5,6)7/h8-11,16,18,22-23,26H,12-15,17H2,1-7H3,(H,36,37). The number of rotatable bonds is 3. The lowest BCUT2D eigenvalue weighted by atomic mass is 9.88. The van der Waals surface area contributed by atoms with Gasteiger partial charge >= 0.3 is 6.09 Å². The third-order valence-corrected chi connectivity index (χ3v) is 8.56. The van der Waals surface area contributed by atoms with Crippen LogP contribution in [0.25, 0.3) is 11.4 Å². The number of aryl methyl sites for hydroxylation is 2. The Morgan fingerprint density at radius 3 is 2.33 bits per heavy atom. The average Bonchev–Trinajstić information content (AvgIpc) is 3.36. The summed E-state index contributed by atoms with van der Waals surface area (Å²) in [6.07, 6.45) is 2.08. The van der Waals surface area contributed by atoms with Gasteiger partial charge in [0.25, 0.3) is 5.91 Å². The van der Waals surface area contributed by atoms with Gasteiger partial charge in [-0.3, -0.25) is 9.69 Å². The Hall–Kier alpha value is -4.12. The van der Waals surface area contributed by atoms with Gasteiger partial charge in [0.15, 0.2) is 0 Å². The van der Waals surface area contributed by atoms with Crippen LogP contribution in [0.2, 0.25) is 0 Å². The number of benzene rings is 2. The zero-order valence-corrected chi connectivity index (χ0v) is 25.7. The minimum atomic E-state index is -0.573. The molecule has 1 fully saturated rings. The number of fused-ring (bicyclic) bond motifs is 1. The monoisotopic (exact) mass is 567 g/mol. The van der Waals surface area contributed by atoms with E-state index in [2.05, 4.69) is 17.1 Å². The molecule has 2 amide bonds. The van der Waals surface area contributed by atoms with Crippen LogP contribution in [0.1, 0.15) is 103 Å². The number of hydrogen-bond acceptors (Lipinski definition) is 5. The van der Waals surface area contributed by atoms with Crippen molar-refractivity contribution in [3.05, 3.63) is 75.6 Å². The normalized spacial score (nSPS) is 19.3. The summed E-state index contributed by atoms with van der Waals surface area (Å²) < 4.78 is 5.70. The molecule has 2 aliphatic rings. The summed E-state index contributed by atoms with van der Waals surface area (Å²) in [7, 11) is 0. The Morgan fingerprint density at radius 1 is 1.05 bits per heavy atom. The Labute approximate surface area is 248 Å². The highest BCUT2D eigenvalue weighted by Gasteiger charge is 2.38. The fourth-order valence-electron chi connectivity index (χ4n) is 6.36. The van der Waals surface area contributed by atoms with E-state index in [-0.39, 0.29) is 24.1 Å². The van der Waals surface area contributed by atoms with Gasteiger partial charge in [-0.1, -0.05) is 18.2 Å². The molecule has 0 bridgehead atoms. The largest absolute Gasteiger partial charge is 0.444 e. The van der Waals surface area contributed by atoms with Gasteiger partial charge in [0.2, 0.25) is 0 Å². The molecule has 2 atom stereocenters. The molecular formula is C34H41N5O3. The number of hydrogen-bond donors (Lipinski definition) is 1. The van der Waals surface area contributed by atoms with Crippen molar-refractivity contribution in [3.8, 4) is 17.5 Å². The SMILES string of the molecule is Cc1cc(C)c(-c2nc3c([nH]2)C(C)N(C(=O)OC(C)(C)C)C(C)C3)cc1C(=O)N1CCC(c2ccc(C#N)cc2)CC1. The molecule has 0 radical (unpaired) electrons. The lowest BCUT2D eigenvalue weighted by Gasteiger charge is -2.38. The molecule has 220 valence electrons. The maximum Gasteiger partial charge on any atom is 0.411 e. The number of carbonyl (C=O) groups is 2. The summed E-state index contributed by atoms with van der Waals surface area (Å²) >= 11 is 0. The molecule has 8 heteroatoms. The predicted molar refractivity (Wildman–Crippen MR) is 162 cm³/mol. The fourth-order valence-corrected chi connectivity index (χ4v) is 6.36. The second kappa shape index (κ2) is 11.3. The van der Waals surface area contributed by atoms with Crippen molar-refractivity contribution in [3.63, 3.8) is 0 Å². The number of piperidine rings is 1. The number of likely N-dealkylation sites (tertiary alicyclic amines) is 1. The Balaban J connectivity index is 1.35. The molecule has 1 N–H and O–H groups in total. The molecule has 1 aromatic heterocycles. The quantitative estimate of drug-likeness (QED) is 0.374. The molecule has 1 saturated heterocycles. The summed E-state index contributed by atoms with van der Waals surface area (Å²) in [6.45, 7) is 15.1. The lowest BCUT2D eigenvalue weighted by molar-refractivity contribution is 0.00520. The second-order valence-electron chi connectivity index (χ2n) is 12.8. The topological polar surface area (TPSA) is 102 Å². The summed E-state index contributed by atoms with van der Waals surface area (Å²) in [5.41, 5.74) is 6.76. The second-order valence-corrected chi connectivity index (χ2v) is 12.8. The molecular weight excluding hydrogens is 526 g/mol. The predicted octanol–water partition coefficient (Wildman–Crippen LogP) is 6.83. The van der Waals surface area contributed by atoms with Crippen molar-refractivity contribution in [1.82, 2.24) is 19.8 Å². The molecule has 8 nitrogen and oxygen atoms in total. The smallest absolute Gasteiger partial charge is 0.411 e. The van der Waals surface area contributed by atoms with E-state index < -0.39 is 5.60 Å². The van der Waals surface area contributed by atoms with Crippen molar-refractivity contribution in [2.24, 2.45) is 0 Å². The number of aromatic nitrogens is 2. The van der Waals surface area contributed by atoms with Gasteiger partial charge in [-0.05, 0) is 102 Å². The van der Waals surface area contributed by atoms with Gasteiger partial charge < -0.3 is 14.6 Å². The van der Waals surface area contributed by atoms with Gasteiger partial charge in [0, 0.05) is 36.7 Å². The minimum Gasteiger partial charge on any atom is -0.444 e. The average molecular weight is 568 g/mol. The zero-order valence-electron chi connectivity index (χ0n) is 25.7. The number of H-pyrrole nitrogens is 1. The first-order valence-electron chi connectivity index (χ1n) is 14.9. The summed E-state index contributed by atoms with van der Waals surface area (Å²) in [5.74, 6) is 1.15. The van der Waals surface area contributed by atoms with Crippen LogP contribution in [0.15, 0.2) is 36.4 Å². The van der Waals surface area contributed by atoms with E-state index in [1.54, 1.807) is 4.90 Å². The highest BCUT2D eigenvalue weighted by Crippen LogP contribution is 2.36. The number of ether oxygens (including phenoxy) is 1. The molecule has 5 rings (SSSR count). The van der Waals surface area contributed by atoms with E-state index >= 15 is 0 Å². The highest BCUT2D eigenvalue weighted by atomic mass is 16.6. The van der Waals surface area contributed by atoms with Crippen LogP contribution in [0.4, 0.5) is 4.79 Å². The molecule has 42 heavy (non-hydrogen) atoms. The Morgan fingerprint density at radius 2 is 1.71 bits per heavy atom. The van der Waals surface area contributed by atoms with Crippen LogP contribution in [-0.4, -0.2) is 56.5 Å². The molecule has 2 aromatic carbocycles. The lowest BCUT2D eigenvalue weighted by Crippen LogP contribution is -2.47. The van der Waals surface area contributed by atoms with Gasteiger partial charge in [0.1, 0.15) is 11.4 Å². The highest BCUT2D eigenvalue weighted by molar-refractivity contribution is 5.97. The molecule has 3 heterocycles. The van der Waals surface area contributed by atoms with Crippen molar-refractivity contribution in [1.29, 1.82) is 5.26 Å². The van der Waals surface area contributed by atoms with Crippen molar-refractivity contribution < 1.29 is 14.3 Å². The number of aromatic amines is 1. The molecule has 0 aliphatic carbocycles. The van der Waals surface area contributed by atoms with E-state index in [1.807, 2.05) is 83.7 Å². The van der Waals surface area contributed by atoms with E-state index in [0.29, 0.717) is 36.6 Å². The van der Waals surface area contributed by atoms with E-state index in [4.69, 9.17) is 15.0 Å². The summed E-state index contributed by atoms with van der Waals surface area (Å²) in [6, 6.07) is 13.7. The molecule has 3 aromatic rings. The number of imidazole rings is 1. The van der Waals surface area contributed by atoms with Crippen LogP contribution >= 0.6 is 0 Å². The van der Waals surface area contributed by atoms with Crippen LogP contribution in [0.3, 0.4) is 0 Å². The Bertz CT molecular complexity index is 1530. The maximum atomic E-state index is 13.8. The van der Waals surface area contributed by atoms with E-state index in [1.165, 1.54) is 5.56 Å². The third kappa shape index (κ3) is 5.78. The van der Waals surface area contributed by atoms with Gasteiger partial charge in [-0.25, -0.2) is 9.78 Å². The van der Waals surface area contributed by atoms with Gasteiger partial charge in [-0.2, -0.15) is 5.26 Å². The van der Waals surface area contributed by atoms with Crippen molar-refractivity contribution in [2.75, 3.05) is 13.1 Å². The summed E-state index contributed by atoms with van der Waals surface area (Å²) in [5, 5.41) is 9.08.